The van der Waals surface area contributed by atoms with E-state index in [1.807, 2.05) is 19.1 Å². The first-order valence-electron chi connectivity index (χ1n) is 6.74. The van der Waals surface area contributed by atoms with Gasteiger partial charge in [0.2, 0.25) is 0 Å². The zero-order chi connectivity index (χ0) is 15.2. The highest BCUT2D eigenvalue weighted by Crippen LogP contribution is 2.22. The number of ether oxygens (including phenoxy) is 1. The number of halogens is 1. The minimum atomic E-state index is -0.295. The molecule has 0 heterocycles. The van der Waals surface area contributed by atoms with Gasteiger partial charge in [0.25, 0.3) is 0 Å². The summed E-state index contributed by atoms with van der Waals surface area (Å²) < 4.78 is 19.1. The third-order valence-electron chi connectivity index (χ3n) is 3.04. The zero-order valence-corrected chi connectivity index (χ0v) is 11.8. The largest absolute Gasteiger partial charge is 0.489 e. The molecule has 2 aromatic carbocycles. The van der Waals surface area contributed by atoms with E-state index in [9.17, 15) is 4.39 Å². The fourth-order valence-corrected chi connectivity index (χ4v) is 2.03. The van der Waals surface area contributed by atoms with Crippen LogP contribution in [0.3, 0.4) is 0 Å². The summed E-state index contributed by atoms with van der Waals surface area (Å²) in [5.41, 5.74) is 8.10. The first-order chi connectivity index (χ1) is 10.1. The molecule has 2 N–H and O–H groups in total. The Balaban J connectivity index is 2.10. The molecule has 0 spiro atoms. The van der Waals surface area contributed by atoms with Gasteiger partial charge in [-0.1, -0.05) is 12.1 Å². The summed E-state index contributed by atoms with van der Waals surface area (Å²) in [7, 11) is 0. The average Bonchev–Trinajstić information content (AvgIpc) is 2.46. The van der Waals surface area contributed by atoms with Gasteiger partial charge in [0.1, 0.15) is 18.2 Å². The molecule has 108 valence electrons. The first kappa shape index (κ1) is 15.0. The van der Waals surface area contributed by atoms with Gasteiger partial charge in [0, 0.05) is 6.04 Å². The van der Waals surface area contributed by atoms with Crippen molar-refractivity contribution in [2.75, 3.05) is 0 Å². The smallest absolute Gasteiger partial charge is 0.123 e. The van der Waals surface area contributed by atoms with Crippen LogP contribution in [0.25, 0.3) is 0 Å². The van der Waals surface area contributed by atoms with Crippen molar-refractivity contribution in [1.82, 2.24) is 0 Å². The molecule has 0 bridgehead atoms. The Kier molecular flexibility index (Phi) is 4.91. The Hall–Kier alpha value is -2.38. The van der Waals surface area contributed by atoms with Gasteiger partial charge in [0.15, 0.2) is 0 Å². The lowest BCUT2D eigenvalue weighted by molar-refractivity contribution is 0.302. The van der Waals surface area contributed by atoms with E-state index >= 15 is 0 Å². The van der Waals surface area contributed by atoms with Crippen molar-refractivity contribution < 1.29 is 9.13 Å². The second kappa shape index (κ2) is 6.87. The molecule has 4 heteroatoms. The van der Waals surface area contributed by atoms with Gasteiger partial charge in [-0.3, -0.25) is 0 Å². The normalized spacial score (nSPS) is 11.7. The van der Waals surface area contributed by atoms with E-state index in [4.69, 9.17) is 15.7 Å². The number of nitrogens with zero attached hydrogens (tertiary/aromatic N) is 1. The minimum Gasteiger partial charge on any atom is -0.489 e. The maximum Gasteiger partial charge on any atom is 0.123 e. The number of rotatable bonds is 5. The maximum absolute atomic E-state index is 13.3. The number of benzene rings is 2. The van der Waals surface area contributed by atoms with Gasteiger partial charge < -0.3 is 10.5 Å². The van der Waals surface area contributed by atoms with Crippen LogP contribution in [0.15, 0.2) is 42.5 Å². The molecule has 2 aromatic rings. The summed E-state index contributed by atoms with van der Waals surface area (Å²) in [6, 6.07) is 13.6. The van der Waals surface area contributed by atoms with Gasteiger partial charge in [-0.15, -0.1) is 0 Å². The molecule has 2 rings (SSSR count). The molecule has 0 aliphatic rings. The fourth-order valence-electron chi connectivity index (χ4n) is 2.03. The lowest BCUT2D eigenvalue weighted by atomic mass is 10.1. The summed E-state index contributed by atoms with van der Waals surface area (Å²) in [6.45, 7) is 2.23. The summed E-state index contributed by atoms with van der Waals surface area (Å²) in [6.07, 6.45) is 0.556. The lowest BCUT2D eigenvalue weighted by Crippen LogP contribution is -2.18. The fraction of sp³-hybridized carbons (Fsp3) is 0.235. The van der Waals surface area contributed by atoms with Crippen molar-refractivity contribution in [3.8, 4) is 11.8 Å². The van der Waals surface area contributed by atoms with Crippen LogP contribution in [-0.4, -0.2) is 6.04 Å². The second-order valence-corrected chi connectivity index (χ2v) is 5.03. The molecule has 0 aromatic heterocycles. The van der Waals surface area contributed by atoms with Crippen LogP contribution < -0.4 is 10.5 Å². The number of nitrogens with two attached hydrogens (primary N) is 1. The Bertz CT molecular complexity index is 645. The third-order valence-corrected chi connectivity index (χ3v) is 3.04. The average molecular weight is 284 g/mol. The second-order valence-electron chi connectivity index (χ2n) is 5.03. The number of nitriles is 1. The molecule has 0 radical (unpaired) electrons. The SMILES string of the molecule is CC(N)Cc1cc(F)ccc1OCc1ccc(C#N)cc1. The van der Waals surface area contributed by atoms with E-state index in [1.165, 1.54) is 12.1 Å². The monoisotopic (exact) mass is 284 g/mol. The highest BCUT2D eigenvalue weighted by molar-refractivity contribution is 5.35. The van der Waals surface area contributed by atoms with Crippen LogP contribution in [0.4, 0.5) is 4.39 Å². The van der Waals surface area contributed by atoms with E-state index in [-0.39, 0.29) is 11.9 Å². The van der Waals surface area contributed by atoms with E-state index in [0.717, 1.165) is 11.1 Å². The van der Waals surface area contributed by atoms with E-state index in [0.29, 0.717) is 24.3 Å². The Morgan fingerprint density at radius 1 is 1.24 bits per heavy atom. The summed E-state index contributed by atoms with van der Waals surface area (Å²) >= 11 is 0. The molecular weight excluding hydrogens is 267 g/mol. The van der Waals surface area contributed by atoms with Crippen LogP contribution in [-0.2, 0) is 13.0 Å². The van der Waals surface area contributed by atoms with Crippen molar-refractivity contribution >= 4 is 0 Å². The van der Waals surface area contributed by atoms with E-state index in [2.05, 4.69) is 6.07 Å². The molecule has 0 amide bonds. The quantitative estimate of drug-likeness (QED) is 0.917. The molecule has 0 saturated heterocycles. The number of hydrogen-bond donors (Lipinski definition) is 1. The van der Waals surface area contributed by atoms with Crippen LogP contribution in [0, 0.1) is 17.1 Å². The van der Waals surface area contributed by atoms with Crippen molar-refractivity contribution in [2.24, 2.45) is 5.73 Å². The highest BCUT2D eigenvalue weighted by atomic mass is 19.1. The molecule has 0 saturated carbocycles. The van der Waals surface area contributed by atoms with Gasteiger partial charge >= 0.3 is 0 Å². The molecule has 0 aliphatic carbocycles. The first-order valence-corrected chi connectivity index (χ1v) is 6.74. The molecular formula is C17H17FN2O. The molecule has 21 heavy (non-hydrogen) atoms. The van der Waals surface area contributed by atoms with Crippen molar-refractivity contribution in [3.63, 3.8) is 0 Å². The highest BCUT2D eigenvalue weighted by Gasteiger charge is 2.08. The summed E-state index contributed by atoms with van der Waals surface area (Å²) in [5.74, 6) is 0.342. The molecule has 0 aliphatic heterocycles. The molecule has 1 unspecified atom stereocenters. The van der Waals surface area contributed by atoms with Gasteiger partial charge in [0.05, 0.1) is 11.6 Å². The van der Waals surface area contributed by atoms with E-state index < -0.39 is 0 Å². The van der Waals surface area contributed by atoms with Gasteiger partial charge in [-0.05, 0) is 54.8 Å². The standard InChI is InChI=1S/C17H17FN2O/c1-12(20)8-15-9-16(18)6-7-17(15)21-11-14-4-2-13(10-19)3-5-14/h2-7,9,12H,8,11,20H2,1H3. The maximum atomic E-state index is 13.3. The van der Waals surface area contributed by atoms with Crippen LogP contribution in [0.5, 0.6) is 5.75 Å². The molecule has 0 fully saturated rings. The topological polar surface area (TPSA) is 59.0 Å². The van der Waals surface area contributed by atoms with Crippen LogP contribution >= 0.6 is 0 Å². The van der Waals surface area contributed by atoms with Crippen molar-refractivity contribution in [2.45, 2.75) is 26.0 Å². The van der Waals surface area contributed by atoms with Crippen molar-refractivity contribution in [3.05, 3.63) is 65.0 Å². The van der Waals surface area contributed by atoms with Gasteiger partial charge in [-0.25, -0.2) is 4.39 Å². The van der Waals surface area contributed by atoms with Crippen LogP contribution in [0.2, 0.25) is 0 Å². The zero-order valence-electron chi connectivity index (χ0n) is 11.8. The molecule has 3 nitrogen and oxygen atoms in total. The summed E-state index contributed by atoms with van der Waals surface area (Å²) in [5, 5.41) is 8.75. The lowest BCUT2D eigenvalue weighted by Gasteiger charge is -2.13. The minimum absolute atomic E-state index is 0.0657. The van der Waals surface area contributed by atoms with Gasteiger partial charge in [-0.2, -0.15) is 5.26 Å². The predicted molar refractivity (Wildman–Crippen MR) is 79.2 cm³/mol. The Morgan fingerprint density at radius 3 is 2.57 bits per heavy atom. The Labute approximate surface area is 123 Å². The van der Waals surface area contributed by atoms with Crippen molar-refractivity contribution in [1.29, 1.82) is 5.26 Å². The molecule has 1 atom stereocenters. The van der Waals surface area contributed by atoms with E-state index in [1.54, 1.807) is 18.2 Å². The predicted octanol–water partition coefficient (Wildman–Crippen LogP) is 3.17. The third kappa shape index (κ3) is 4.30. The Morgan fingerprint density at radius 2 is 1.95 bits per heavy atom. The van der Waals surface area contributed by atoms with Crippen LogP contribution in [0.1, 0.15) is 23.6 Å². The number of hydrogen-bond acceptors (Lipinski definition) is 3. The summed E-state index contributed by atoms with van der Waals surface area (Å²) in [4.78, 5) is 0.